The minimum atomic E-state index is -3.24. The van der Waals surface area contributed by atoms with Crippen LogP contribution >= 0.6 is 0 Å². The number of amides is 1. The summed E-state index contributed by atoms with van der Waals surface area (Å²) in [6, 6.07) is 17.5. The zero-order valence-electron chi connectivity index (χ0n) is 16.2. The summed E-state index contributed by atoms with van der Waals surface area (Å²) >= 11 is 0. The predicted octanol–water partition coefficient (Wildman–Crippen LogP) is 3.45. The highest BCUT2D eigenvalue weighted by atomic mass is 32.2. The second-order valence-corrected chi connectivity index (χ2v) is 8.93. The number of nitrogens with zero attached hydrogens (tertiary/aromatic N) is 2. The average Bonchev–Trinajstić information content (AvgIpc) is 3.12. The number of anilines is 2. The molecule has 30 heavy (non-hydrogen) atoms. The molecule has 1 aliphatic heterocycles. The molecular formula is C22H21N3O4S. The van der Waals surface area contributed by atoms with E-state index in [0.29, 0.717) is 42.3 Å². The Hall–Kier alpha value is -3.39. The van der Waals surface area contributed by atoms with Crippen LogP contribution in [0.5, 0.6) is 5.75 Å². The van der Waals surface area contributed by atoms with Crippen LogP contribution in [0.1, 0.15) is 22.3 Å². The van der Waals surface area contributed by atoms with Crippen LogP contribution in [0.15, 0.2) is 73.1 Å². The first kappa shape index (κ1) is 19.9. The summed E-state index contributed by atoms with van der Waals surface area (Å²) in [4.78, 5) is 16.6. The first-order valence-corrected chi connectivity index (χ1v) is 11.2. The molecule has 7 nitrogen and oxygen atoms in total. The lowest BCUT2D eigenvalue weighted by Crippen LogP contribution is -2.25. The summed E-state index contributed by atoms with van der Waals surface area (Å²) in [6.45, 7) is 0.853. The van der Waals surface area contributed by atoms with Crippen molar-refractivity contribution in [1.29, 1.82) is 0 Å². The Morgan fingerprint density at radius 3 is 2.63 bits per heavy atom. The molecule has 1 aliphatic rings. The third-order valence-electron chi connectivity index (χ3n) is 4.74. The van der Waals surface area contributed by atoms with E-state index >= 15 is 0 Å². The highest BCUT2D eigenvalue weighted by Crippen LogP contribution is 2.25. The molecule has 0 atom stereocenters. The lowest BCUT2D eigenvalue weighted by atomic mass is 10.2. The van der Waals surface area contributed by atoms with E-state index < -0.39 is 10.0 Å². The van der Waals surface area contributed by atoms with Crippen LogP contribution < -0.4 is 14.4 Å². The van der Waals surface area contributed by atoms with Crippen molar-refractivity contribution in [3.63, 3.8) is 0 Å². The Kier molecular flexibility index (Phi) is 5.67. The lowest BCUT2D eigenvalue weighted by Gasteiger charge is -2.17. The summed E-state index contributed by atoms with van der Waals surface area (Å²) in [5, 5.41) is 2.84. The number of carbonyl (C=O) groups excluding carboxylic acids is 1. The Morgan fingerprint density at radius 2 is 1.93 bits per heavy atom. The van der Waals surface area contributed by atoms with E-state index in [0.717, 1.165) is 5.56 Å². The van der Waals surface area contributed by atoms with Crippen molar-refractivity contribution in [2.24, 2.45) is 0 Å². The van der Waals surface area contributed by atoms with Crippen LogP contribution in [0.3, 0.4) is 0 Å². The van der Waals surface area contributed by atoms with Gasteiger partial charge in [-0.2, -0.15) is 0 Å². The molecule has 1 amide bonds. The minimum Gasteiger partial charge on any atom is -0.489 e. The van der Waals surface area contributed by atoms with Crippen molar-refractivity contribution in [2.75, 3.05) is 21.9 Å². The number of hydrogen-bond donors (Lipinski definition) is 1. The molecule has 0 aliphatic carbocycles. The van der Waals surface area contributed by atoms with Gasteiger partial charge in [-0.05, 0) is 48.9 Å². The molecule has 1 aromatic heterocycles. The molecule has 4 rings (SSSR count). The molecule has 1 saturated heterocycles. The molecular weight excluding hydrogens is 402 g/mol. The van der Waals surface area contributed by atoms with Gasteiger partial charge in [-0.1, -0.05) is 12.1 Å². The normalized spacial score (nSPS) is 15.0. The average molecular weight is 423 g/mol. The largest absolute Gasteiger partial charge is 0.489 e. The van der Waals surface area contributed by atoms with Crippen molar-refractivity contribution < 1.29 is 17.9 Å². The number of pyridine rings is 1. The van der Waals surface area contributed by atoms with E-state index in [1.54, 1.807) is 54.9 Å². The number of aromatic nitrogens is 1. The Labute approximate surface area is 175 Å². The third-order valence-corrected chi connectivity index (χ3v) is 6.61. The van der Waals surface area contributed by atoms with Gasteiger partial charge in [0, 0.05) is 41.8 Å². The zero-order valence-corrected chi connectivity index (χ0v) is 17.0. The van der Waals surface area contributed by atoms with Gasteiger partial charge in [0.25, 0.3) is 5.91 Å². The topological polar surface area (TPSA) is 88.6 Å². The monoisotopic (exact) mass is 423 g/mol. The number of ether oxygens (including phenoxy) is 1. The van der Waals surface area contributed by atoms with E-state index in [1.165, 1.54) is 4.31 Å². The van der Waals surface area contributed by atoms with Crippen molar-refractivity contribution in [2.45, 2.75) is 13.0 Å². The van der Waals surface area contributed by atoms with Crippen molar-refractivity contribution in [1.82, 2.24) is 4.98 Å². The van der Waals surface area contributed by atoms with E-state index in [-0.39, 0.29) is 11.7 Å². The maximum absolute atomic E-state index is 12.6. The first-order valence-electron chi connectivity index (χ1n) is 9.55. The number of hydrogen-bond acceptors (Lipinski definition) is 5. The zero-order chi connectivity index (χ0) is 21.0. The molecule has 2 aromatic carbocycles. The lowest BCUT2D eigenvalue weighted by molar-refractivity contribution is 0.102. The summed E-state index contributed by atoms with van der Waals surface area (Å²) in [7, 11) is -3.24. The highest BCUT2D eigenvalue weighted by molar-refractivity contribution is 7.93. The van der Waals surface area contributed by atoms with Crippen molar-refractivity contribution in [3.8, 4) is 5.75 Å². The number of nitrogens with one attached hydrogen (secondary N) is 1. The van der Waals surface area contributed by atoms with E-state index in [1.807, 2.05) is 18.2 Å². The van der Waals surface area contributed by atoms with E-state index in [9.17, 15) is 13.2 Å². The van der Waals surface area contributed by atoms with Crippen molar-refractivity contribution >= 4 is 27.3 Å². The standard InChI is InChI=1S/C22H21N3O4S/c26-22(18-7-9-20(10-8-18)25-12-3-13-30(25,27)28)24-19-5-1-6-21(14-19)29-16-17-4-2-11-23-15-17/h1-2,4-11,14-15H,3,12-13,16H2,(H,24,26). The molecule has 1 N–H and O–H groups in total. The molecule has 154 valence electrons. The molecule has 0 saturated carbocycles. The van der Waals surface area contributed by atoms with Gasteiger partial charge in [-0.25, -0.2) is 8.42 Å². The third kappa shape index (κ3) is 4.60. The van der Waals surface area contributed by atoms with Gasteiger partial charge in [0.15, 0.2) is 0 Å². The minimum absolute atomic E-state index is 0.161. The smallest absolute Gasteiger partial charge is 0.255 e. The molecule has 0 bridgehead atoms. The fourth-order valence-electron chi connectivity index (χ4n) is 3.23. The van der Waals surface area contributed by atoms with Gasteiger partial charge in [0.05, 0.1) is 11.4 Å². The van der Waals surface area contributed by atoms with Gasteiger partial charge < -0.3 is 10.1 Å². The van der Waals surface area contributed by atoms with Gasteiger partial charge in [0.1, 0.15) is 12.4 Å². The van der Waals surface area contributed by atoms with Crippen LogP contribution in [-0.4, -0.2) is 31.6 Å². The van der Waals surface area contributed by atoms with Crippen LogP contribution in [0.25, 0.3) is 0 Å². The van der Waals surface area contributed by atoms with Crippen LogP contribution in [0, 0.1) is 0 Å². The molecule has 0 spiro atoms. The van der Waals surface area contributed by atoms with E-state index in [4.69, 9.17) is 4.74 Å². The Balaban J connectivity index is 1.40. The molecule has 8 heteroatoms. The summed E-state index contributed by atoms with van der Waals surface area (Å²) in [5.41, 5.74) is 2.58. The fraction of sp³-hybridized carbons (Fsp3) is 0.182. The summed E-state index contributed by atoms with van der Waals surface area (Å²) < 4.78 is 31.2. The second kappa shape index (κ2) is 8.54. The fourth-order valence-corrected chi connectivity index (χ4v) is 4.79. The highest BCUT2D eigenvalue weighted by Gasteiger charge is 2.28. The number of sulfonamides is 1. The van der Waals surface area contributed by atoms with E-state index in [2.05, 4.69) is 10.3 Å². The number of carbonyl (C=O) groups is 1. The van der Waals surface area contributed by atoms with Gasteiger partial charge >= 0.3 is 0 Å². The molecule has 1 fully saturated rings. The number of benzene rings is 2. The SMILES string of the molecule is O=C(Nc1cccc(OCc2cccnc2)c1)c1ccc(N2CCCS2(=O)=O)cc1. The summed E-state index contributed by atoms with van der Waals surface area (Å²) in [5.74, 6) is 0.510. The summed E-state index contributed by atoms with van der Waals surface area (Å²) in [6.07, 6.45) is 4.06. The maximum atomic E-state index is 12.6. The van der Waals surface area contributed by atoms with Crippen molar-refractivity contribution in [3.05, 3.63) is 84.2 Å². The molecule has 3 aromatic rings. The quantitative estimate of drug-likeness (QED) is 0.656. The molecule has 0 radical (unpaired) electrons. The molecule has 0 unspecified atom stereocenters. The number of rotatable bonds is 6. The second-order valence-electron chi connectivity index (χ2n) is 6.92. The Bertz CT molecular complexity index is 1130. The Morgan fingerprint density at radius 1 is 1.10 bits per heavy atom. The van der Waals surface area contributed by atoms with Gasteiger partial charge in [-0.15, -0.1) is 0 Å². The van der Waals surface area contributed by atoms with Gasteiger partial charge in [0.2, 0.25) is 10.0 Å². The maximum Gasteiger partial charge on any atom is 0.255 e. The van der Waals surface area contributed by atoms with Crippen LogP contribution in [0.2, 0.25) is 0 Å². The first-order chi connectivity index (χ1) is 14.5. The molecule has 2 heterocycles. The van der Waals surface area contributed by atoms with Gasteiger partial charge in [-0.3, -0.25) is 14.1 Å². The van der Waals surface area contributed by atoms with Crippen LogP contribution in [0.4, 0.5) is 11.4 Å². The van der Waals surface area contributed by atoms with Crippen LogP contribution in [-0.2, 0) is 16.6 Å². The predicted molar refractivity (Wildman–Crippen MR) is 115 cm³/mol.